The number of nitrogens with one attached hydrogen (secondary N) is 1. The molecule has 2 rings (SSSR count). The lowest BCUT2D eigenvalue weighted by atomic mass is 10.3. The van der Waals surface area contributed by atoms with E-state index >= 15 is 0 Å². The minimum Gasteiger partial charge on any atom is -0.348 e. The minimum absolute atomic E-state index is 0.0638. The van der Waals surface area contributed by atoms with E-state index in [0.717, 1.165) is 0 Å². The minimum atomic E-state index is -3.43. The Morgan fingerprint density at radius 1 is 1.08 bits per heavy atom. The van der Waals surface area contributed by atoms with Crippen molar-refractivity contribution < 1.29 is 8.42 Å². The number of sulfone groups is 1. The van der Waals surface area contributed by atoms with E-state index in [0.29, 0.717) is 32.4 Å². The molecule has 0 heterocycles. The van der Waals surface area contributed by atoms with Crippen molar-refractivity contribution in [1.29, 1.82) is 0 Å². The van der Waals surface area contributed by atoms with Crippen molar-refractivity contribution in [3.05, 3.63) is 57.5 Å². The van der Waals surface area contributed by atoms with Gasteiger partial charge in [0.1, 0.15) is 0 Å². The van der Waals surface area contributed by atoms with Crippen molar-refractivity contribution in [2.75, 3.05) is 24.2 Å². The van der Waals surface area contributed by atoms with Crippen molar-refractivity contribution in [2.24, 2.45) is 0 Å². The lowest BCUT2D eigenvalue weighted by Crippen LogP contribution is -2.37. The van der Waals surface area contributed by atoms with Gasteiger partial charge in [0, 0.05) is 23.8 Å². The molecule has 0 aliphatic rings. The van der Waals surface area contributed by atoms with E-state index in [1.807, 2.05) is 6.92 Å². The Hall–Kier alpha value is -1.05. The molecule has 9 heteroatoms. The van der Waals surface area contributed by atoms with E-state index in [9.17, 15) is 8.42 Å². The van der Waals surface area contributed by atoms with Gasteiger partial charge in [0.25, 0.3) is 0 Å². The molecule has 26 heavy (non-hydrogen) atoms. The van der Waals surface area contributed by atoms with Gasteiger partial charge in [-0.3, -0.25) is 0 Å². The maximum absolute atomic E-state index is 12.5. The molecule has 0 fully saturated rings. The van der Waals surface area contributed by atoms with Crippen LogP contribution in [0.2, 0.25) is 15.1 Å². The highest BCUT2D eigenvalue weighted by Crippen LogP contribution is 2.25. The molecule has 0 unspecified atom stereocenters. The molecule has 2 aromatic rings. The molecule has 0 spiro atoms. The second-order valence-electron chi connectivity index (χ2n) is 5.41. The monoisotopic (exact) mass is 450 g/mol. The number of anilines is 1. The fourth-order valence-electron chi connectivity index (χ4n) is 2.17. The average Bonchev–Trinajstić information content (AvgIpc) is 2.59. The molecule has 0 aliphatic heterocycles. The summed E-state index contributed by atoms with van der Waals surface area (Å²) < 4.78 is 24.9. The summed E-state index contributed by atoms with van der Waals surface area (Å²) in [5.41, 5.74) is 0.684. The normalized spacial score (nSPS) is 11.2. The number of halogens is 3. The van der Waals surface area contributed by atoms with Gasteiger partial charge in [-0.2, -0.15) is 0 Å². The summed E-state index contributed by atoms with van der Waals surface area (Å²) in [5.74, 6) is -0.0638. The van der Waals surface area contributed by atoms with Gasteiger partial charge in [-0.05, 0) is 61.6 Å². The molecule has 0 saturated carbocycles. The molecule has 0 amide bonds. The van der Waals surface area contributed by atoms with E-state index in [1.54, 1.807) is 35.2 Å². The summed E-state index contributed by atoms with van der Waals surface area (Å²) in [6, 6.07) is 11.2. The fourth-order valence-corrected chi connectivity index (χ4v) is 4.18. The molecule has 4 nitrogen and oxygen atoms in total. The summed E-state index contributed by atoms with van der Waals surface area (Å²) in [6.07, 6.45) is 0. The van der Waals surface area contributed by atoms with Gasteiger partial charge >= 0.3 is 0 Å². The van der Waals surface area contributed by atoms with Gasteiger partial charge in [0.05, 0.1) is 20.7 Å². The van der Waals surface area contributed by atoms with Gasteiger partial charge in [0.2, 0.25) is 0 Å². The SMILES string of the molecule is CCN(CCS(=O)(=O)c1ccc(Cl)cc1)C(=S)Nc1ccc(Cl)c(Cl)c1. The number of nitrogens with zero attached hydrogens (tertiary/aromatic N) is 1. The summed E-state index contributed by atoms with van der Waals surface area (Å²) in [5, 5.41) is 4.81. The predicted molar refractivity (Wildman–Crippen MR) is 113 cm³/mol. The lowest BCUT2D eigenvalue weighted by molar-refractivity contribution is 0.470. The molecule has 0 atom stereocenters. The average molecular weight is 452 g/mol. The van der Waals surface area contributed by atoms with E-state index < -0.39 is 9.84 Å². The maximum atomic E-state index is 12.5. The third-order valence-electron chi connectivity index (χ3n) is 3.64. The third kappa shape index (κ3) is 5.72. The largest absolute Gasteiger partial charge is 0.348 e. The number of benzene rings is 2. The molecular weight excluding hydrogens is 435 g/mol. The van der Waals surface area contributed by atoms with Gasteiger partial charge in [-0.1, -0.05) is 34.8 Å². The molecular formula is C17H17Cl3N2O2S2. The highest BCUT2D eigenvalue weighted by Gasteiger charge is 2.17. The van der Waals surface area contributed by atoms with Crippen LogP contribution in [0.15, 0.2) is 47.4 Å². The van der Waals surface area contributed by atoms with Crippen LogP contribution >= 0.6 is 47.0 Å². The van der Waals surface area contributed by atoms with Crippen molar-refractivity contribution in [2.45, 2.75) is 11.8 Å². The van der Waals surface area contributed by atoms with Crippen molar-refractivity contribution in [3.63, 3.8) is 0 Å². The first-order valence-electron chi connectivity index (χ1n) is 7.72. The van der Waals surface area contributed by atoms with Gasteiger partial charge in [-0.15, -0.1) is 0 Å². The highest BCUT2D eigenvalue weighted by atomic mass is 35.5. The zero-order chi connectivity index (χ0) is 19.3. The summed E-state index contributed by atoms with van der Waals surface area (Å²) in [7, 11) is -3.43. The number of hydrogen-bond acceptors (Lipinski definition) is 3. The summed E-state index contributed by atoms with van der Waals surface area (Å²) in [4.78, 5) is 2.01. The standard InChI is InChI=1S/C17H17Cl3N2O2S2/c1-2-22(17(25)21-13-5-8-15(19)16(20)11-13)9-10-26(23,24)14-6-3-12(18)4-7-14/h3-8,11H,2,9-10H2,1H3,(H,21,25). The van der Waals surface area contributed by atoms with Crippen LogP contribution in [0.25, 0.3) is 0 Å². The van der Waals surface area contributed by atoms with E-state index in [-0.39, 0.29) is 17.2 Å². The first kappa shape index (κ1) is 21.3. The van der Waals surface area contributed by atoms with Crippen molar-refractivity contribution in [3.8, 4) is 0 Å². The van der Waals surface area contributed by atoms with Gasteiger partial charge in [-0.25, -0.2) is 8.42 Å². The molecule has 0 aliphatic carbocycles. The zero-order valence-electron chi connectivity index (χ0n) is 13.9. The summed E-state index contributed by atoms with van der Waals surface area (Å²) >= 11 is 23.1. The van der Waals surface area contributed by atoms with E-state index in [4.69, 9.17) is 47.0 Å². The Kier molecular flexibility index (Phi) is 7.55. The molecule has 0 saturated heterocycles. The Balaban J connectivity index is 2.02. The molecule has 1 N–H and O–H groups in total. The van der Waals surface area contributed by atoms with E-state index in [1.165, 1.54) is 12.1 Å². The van der Waals surface area contributed by atoms with Crippen LogP contribution in [-0.4, -0.2) is 37.3 Å². The van der Waals surface area contributed by atoms with Crippen LogP contribution in [-0.2, 0) is 9.84 Å². The Bertz CT molecular complexity index is 887. The maximum Gasteiger partial charge on any atom is 0.180 e. The lowest BCUT2D eigenvalue weighted by Gasteiger charge is -2.24. The summed E-state index contributed by atoms with van der Waals surface area (Å²) in [6.45, 7) is 2.72. The van der Waals surface area contributed by atoms with E-state index in [2.05, 4.69) is 5.32 Å². The van der Waals surface area contributed by atoms with Crippen molar-refractivity contribution in [1.82, 2.24) is 4.90 Å². The Labute approximate surface area is 174 Å². The van der Waals surface area contributed by atoms with Crippen LogP contribution in [0.4, 0.5) is 5.69 Å². The second kappa shape index (κ2) is 9.24. The molecule has 2 aromatic carbocycles. The Morgan fingerprint density at radius 2 is 1.73 bits per heavy atom. The van der Waals surface area contributed by atoms with Gasteiger partial charge < -0.3 is 10.2 Å². The van der Waals surface area contributed by atoms with Crippen LogP contribution < -0.4 is 5.32 Å². The second-order valence-corrected chi connectivity index (χ2v) is 9.16. The number of thiocarbonyl (C=S) groups is 1. The molecule has 0 aromatic heterocycles. The number of rotatable bonds is 6. The highest BCUT2D eigenvalue weighted by molar-refractivity contribution is 7.91. The topological polar surface area (TPSA) is 49.4 Å². The Morgan fingerprint density at radius 3 is 2.31 bits per heavy atom. The van der Waals surface area contributed by atoms with Crippen LogP contribution in [0.5, 0.6) is 0 Å². The van der Waals surface area contributed by atoms with Crippen LogP contribution in [0, 0.1) is 0 Å². The third-order valence-corrected chi connectivity index (χ3v) is 6.70. The smallest absolute Gasteiger partial charge is 0.180 e. The quantitative estimate of drug-likeness (QED) is 0.616. The van der Waals surface area contributed by atoms with Gasteiger partial charge in [0.15, 0.2) is 14.9 Å². The number of hydrogen-bond donors (Lipinski definition) is 1. The fraction of sp³-hybridized carbons (Fsp3) is 0.235. The predicted octanol–water partition coefficient (Wildman–Crippen LogP) is 5.14. The first-order valence-corrected chi connectivity index (χ1v) is 10.9. The van der Waals surface area contributed by atoms with Crippen LogP contribution in [0.3, 0.4) is 0 Å². The molecule has 0 bridgehead atoms. The van der Waals surface area contributed by atoms with Crippen LogP contribution in [0.1, 0.15) is 6.92 Å². The zero-order valence-corrected chi connectivity index (χ0v) is 17.8. The molecule has 0 radical (unpaired) electrons. The first-order chi connectivity index (χ1) is 12.2. The molecule has 140 valence electrons. The van der Waals surface area contributed by atoms with Crippen molar-refractivity contribution >= 4 is 67.7 Å².